The molecule has 0 saturated carbocycles. The fourth-order valence-electron chi connectivity index (χ4n) is 2.77. The van der Waals surface area contributed by atoms with E-state index in [4.69, 9.17) is 16.0 Å². The van der Waals surface area contributed by atoms with Gasteiger partial charge in [-0.25, -0.2) is 0 Å². The number of hydrogen-bond acceptors (Lipinski definition) is 3. The van der Waals surface area contributed by atoms with Crippen LogP contribution in [0.15, 0.2) is 52.9 Å². The molecule has 0 bridgehead atoms. The third-order valence-corrected chi connectivity index (χ3v) is 4.51. The lowest BCUT2D eigenvalue weighted by Gasteiger charge is -2.09. The van der Waals surface area contributed by atoms with E-state index in [1.54, 1.807) is 24.3 Å². The molecule has 0 radical (unpaired) electrons. The Morgan fingerprint density at radius 3 is 2.13 bits per heavy atom. The maximum atomic E-state index is 13.0. The Morgan fingerprint density at radius 1 is 0.967 bits per heavy atom. The minimum atomic E-state index is -4.54. The molecule has 3 rings (SSSR count). The van der Waals surface area contributed by atoms with Gasteiger partial charge in [-0.15, -0.1) is 0 Å². The van der Waals surface area contributed by atoms with Crippen LogP contribution in [-0.2, 0) is 11.0 Å². The fourth-order valence-corrected chi connectivity index (χ4v) is 2.98. The van der Waals surface area contributed by atoms with Gasteiger partial charge >= 0.3 is 6.18 Å². The number of nitrogens with one attached hydrogen (secondary N) is 2. The lowest BCUT2D eigenvalue weighted by atomic mass is 10.1. The van der Waals surface area contributed by atoms with Gasteiger partial charge in [-0.05, 0) is 55.5 Å². The maximum absolute atomic E-state index is 13.0. The Labute approximate surface area is 174 Å². The molecular weight excluding hydrogens is 421 g/mol. The van der Waals surface area contributed by atoms with Crippen LogP contribution in [0, 0.1) is 6.92 Å². The van der Waals surface area contributed by atoms with Gasteiger partial charge < -0.3 is 15.1 Å². The molecule has 0 unspecified atom stereocenters. The average molecular weight is 437 g/mol. The van der Waals surface area contributed by atoms with E-state index in [1.165, 1.54) is 19.9 Å². The number of carbonyl (C=O) groups is 2. The quantitative estimate of drug-likeness (QED) is 0.516. The molecule has 9 heteroatoms. The van der Waals surface area contributed by atoms with Crippen LogP contribution >= 0.6 is 11.6 Å². The summed E-state index contributed by atoms with van der Waals surface area (Å²) < 4.78 is 44.5. The Hall–Kier alpha value is -3.26. The first-order chi connectivity index (χ1) is 14.0. The van der Waals surface area contributed by atoms with E-state index in [0.717, 1.165) is 18.2 Å². The van der Waals surface area contributed by atoms with Crippen molar-refractivity contribution in [3.63, 3.8) is 0 Å². The van der Waals surface area contributed by atoms with Crippen LogP contribution in [-0.4, -0.2) is 11.8 Å². The van der Waals surface area contributed by atoms with Crippen molar-refractivity contribution in [3.8, 4) is 11.3 Å². The van der Waals surface area contributed by atoms with Crippen molar-refractivity contribution in [2.24, 2.45) is 0 Å². The fraction of sp³-hybridized carbons (Fsp3) is 0.143. The van der Waals surface area contributed by atoms with E-state index < -0.39 is 17.6 Å². The SMILES string of the molecule is CC(=O)Nc1ccc(NC(=O)c2cc(-c3cc(C(F)(F)F)ccc3Cl)oc2C)cc1. The van der Waals surface area contributed by atoms with Gasteiger partial charge in [0.25, 0.3) is 5.91 Å². The second-order valence-electron chi connectivity index (χ2n) is 6.49. The highest BCUT2D eigenvalue weighted by atomic mass is 35.5. The number of rotatable bonds is 4. The largest absolute Gasteiger partial charge is 0.460 e. The molecule has 30 heavy (non-hydrogen) atoms. The first-order valence-electron chi connectivity index (χ1n) is 8.71. The zero-order chi connectivity index (χ0) is 22.1. The van der Waals surface area contributed by atoms with Crippen molar-refractivity contribution in [2.45, 2.75) is 20.0 Å². The smallest absolute Gasteiger partial charge is 0.416 e. The van der Waals surface area contributed by atoms with Crippen molar-refractivity contribution in [3.05, 3.63) is 70.4 Å². The summed E-state index contributed by atoms with van der Waals surface area (Å²) in [5.74, 6) is -0.444. The predicted octanol–water partition coefficient (Wildman–Crippen LogP) is 6.14. The van der Waals surface area contributed by atoms with Crippen molar-refractivity contribution in [1.82, 2.24) is 0 Å². The molecular formula is C21H16ClF3N2O3. The Bertz CT molecular complexity index is 1110. The van der Waals surface area contributed by atoms with Gasteiger partial charge in [-0.1, -0.05) is 11.6 Å². The topological polar surface area (TPSA) is 71.3 Å². The summed E-state index contributed by atoms with van der Waals surface area (Å²) in [7, 11) is 0. The van der Waals surface area contributed by atoms with Crippen LogP contribution in [0.2, 0.25) is 5.02 Å². The summed E-state index contributed by atoms with van der Waals surface area (Å²) >= 11 is 6.04. The third-order valence-electron chi connectivity index (χ3n) is 4.18. The third kappa shape index (κ3) is 4.83. The number of furan rings is 1. The molecule has 2 amide bonds. The van der Waals surface area contributed by atoms with E-state index in [9.17, 15) is 22.8 Å². The summed E-state index contributed by atoms with van der Waals surface area (Å²) in [6.07, 6.45) is -4.54. The highest BCUT2D eigenvalue weighted by Crippen LogP contribution is 2.37. The second-order valence-corrected chi connectivity index (χ2v) is 6.89. The maximum Gasteiger partial charge on any atom is 0.416 e. The molecule has 2 aromatic carbocycles. The van der Waals surface area contributed by atoms with Gasteiger partial charge in [0.05, 0.1) is 16.1 Å². The van der Waals surface area contributed by atoms with Crippen LogP contribution in [0.4, 0.5) is 24.5 Å². The summed E-state index contributed by atoms with van der Waals surface area (Å²) in [5, 5.41) is 5.35. The monoisotopic (exact) mass is 436 g/mol. The molecule has 0 fully saturated rings. The molecule has 0 aliphatic heterocycles. The molecule has 0 spiro atoms. The van der Waals surface area contributed by atoms with Crippen LogP contribution < -0.4 is 10.6 Å². The second kappa shape index (κ2) is 8.23. The van der Waals surface area contributed by atoms with E-state index in [1.807, 2.05) is 0 Å². The summed E-state index contributed by atoms with van der Waals surface area (Å²) in [6.45, 7) is 2.91. The zero-order valence-corrected chi connectivity index (χ0v) is 16.6. The highest BCUT2D eigenvalue weighted by Gasteiger charge is 2.31. The number of amides is 2. The number of hydrogen-bond donors (Lipinski definition) is 2. The predicted molar refractivity (Wildman–Crippen MR) is 108 cm³/mol. The van der Waals surface area contributed by atoms with Gasteiger partial charge in [-0.2, -0.15) is 13.2 Å². The first-order valence-corrected chi connectivity index (χ1v) is 9.09. The molecule has 156 valence electrons. The summed E-state index contributed by atoms with van der Waals surface area (Å²) in [5.41, 5.74) is 0.355. The highest BCUT2D eigenvalue weighted by molar-refractivity contribution is 6.33. The van der Waals surface area contributed by atoms with Crippen LogP contribution in [0.3, 0.4) is 0 Å². The van der Waals surface area contributed by atoms with Crippen LogP contribution in [0.1, 0.15) is 28.6 Å². The van der Waals surface area contributed by atoms with E-state index in [2.05, 4.69) is 10.6 Å². The number of benzene rings is 2. The minimum Gasteiger partial charge on any atom is -0.460 e. The van der Waals surface area contributed by atoms with E-state index in [0.29, 0.717) is 11.4 Å². The summed E-state index contributed by atoms with van der Waals surface area (Å²) in [4.78, 5) is 23.7. The minimum absolute atomic E-state index is 0.0355. The molecule has 0 aliphatic rings. The van der Waals surface area contributed by atoms with E-state index in [-0.39, 0.29) is 33.6 Å². The molecule has 1 heterocycles. The Kier molecular flexibility index (Phi) is 5.89. The lowest BCUT2D eigenvalue weighted by Crippen LogP contribution is -2.12. The van der Waals surface area contributed by atoms with Crippen molar-refractivity contribution in [2.75, 3.05) is 10.6 Å². The van der Waals surface area contributed by atoms with Crippen molar-refractivity contribution >= 4 is 34.8 Å². The summed E-state index contributed by atoms with van der Waals surface area (Å²) in [6, 6.07) is 10.7. The van der Waals surface area contributed by atoms with Crippen LogP contribution in [0.25, 0.3) is 11.3 Å². The van der Waals surface area contributed by atoms with Gasteiger partial charge in [0.2, 0.25) is 5.91 Å². The molecule has 1 aromatic heterocycles. The first kappa shape index (κ1) is 21.4. The Morgan fingerprint density at radius 2 is 1.57 bits per heavy atom. The number of alkyl halides is 3. The number of carbonyl (C=O) groups excluding carboxylic acids is 2. The van der Waals surface area contributed by atoms with Gasteiger partial charge in [0.15, 0.2) is 0 Å². The van der Waals surface area contributed by atoms with Crippen molar-refractivity contribution in [1.29, 1.82) is 0 Å². The van der Waals surface area contributed by atoms with E-state index >= 15 is 0 Å². The standard InChI is InChI=1S/C21H16ClF3N2O3/c1-11-16(20(29)27-15-6-4-14(5-7-15)26-12(2)28)10-19(30-11)17-9-13(21(23,24)25)3-8-18(17)22/h3-10H,1-2H3,(H,26,28)(H,27,29). The number of anilines is 2. The van der Waals surface area contributed by atoms with Crippen LogP contribution in [0.5, 0.6) is 0 Å². The Balaban J connectivity index is 1.84. The zero-order valence-electron chi connectivity index (χ0n) is 15.9. The molecule has 2 N–H and O–H groups in total. The molecule has 0 saturated heterocycles. The molecule has 0 aliphatic carbocycles. The lowest BCUT2D eigenvalue weighted by molar-refractivity contribution is -0.137. The van der Waals surface area contributed by atoms with Crippen molar-refractivity contribution < 1.29 is 27.2 Å². The molecule has 3 aromatic rings. The number of aryl methyl sites for hydroxylation is 1. The molecule has 5 nitrogen and oxygen atoms in total. The average Bonchev–Trinajstić information content (AvgIpc) is 3.04. The van der Waals surface area contributed by atoms with Gasteiger partial charge in [-0.3, -0.25) is 9.59 Å². The normalized spacial score (nSPS) is 11.3. The number of halogens is 4. The van der Waals surface area contributed by atoms with Gasteiger partial charge in [0, 0.05) is 23.9 Å². The molecule has 0 atom stereocenters. The van der Waals surface area contributed by atoms with Gasteiger partial charge in [0.1, 0.15) is 11.5 Å².